The van der Waals surface area contributed by atoms with Crippen molar-refractivity contribution in [1.82, 2.24) is 15.3 Å². The average molecular weight is 537 g/mol. The van der Waals surface area contributed by atoms with Crippen LogP contribution in [0.4, 0.5) is 11.8 Å². The number of phenols is 1. The predicted octanol–water partition coefficient (Wildman–Crippen LogP) is 3.44. The van der Waals surface area contributed by atoms with Gasteiger partial charge in [0.25, 0.3) is 0 Å². The van der Waals surface area contributed by atoms with Gasteiger partial charge in [-0.15, -0.1) is 0 Å². The van der Waals surface area contributed by atoms with Gasteiger partial charge in [-0.25, -0.2) is 13.4 Å². The van der Waals surface area contributed by atoms with E-state index in [4.69, 9.17) is 0 Å². The largest absolute Gasteiger partial charge is 0.508 e. The van der Waals surface area contributed by atoms with Crippen LogP contribution in [0, 0.1) is 34.5 Å². The fourth-order valence-corrected chi connectivity index (χ4v) is 9.29. The zero-order valence-corrected chi connectivity index (χ0v) is 22.4. The van der Waals surface area contributed by atoms with Crippen molar-refractivity contribution in [3.05, 3.63) is 41.6 Å². The highest BCUT2D eigenvalue weighted by atomic mass is 32.2. The summed E-state index contributed by atoms with van der Waals surface area (Å²) in [5.74, 6) is 3.80. The van der Waals surface area contributed by atoms with Crippen LogP contribution in [0.3, 0.4) is 0 Å². The zero-order valence-electron chi connectivity index (χ0n) is 21.6. The van der Waals surface area contributed by atoms with Gasteiger partial charge in [0, 0.05) is 30.7 Å². The molecular formula is C28H36N6O3S. The Hall–Kier alpha value is -2.90. The molecule has 2 aromatic rings. The molecule has 202 valence electrons. The number of para-hydroxylation sites is 1. The lowest BCUT2D eigenvalue weighted by molar-refractivity contribution is -0.0722. The van der Waals surface area contributed by atoms with Crippen LogP contribution >= 0.6 is 0 Å². The van der Waals surface area contributed by atoms with Crippen molar-refractivity contribution in [3.63, 3.8) is 0 Å². The molecule has 4 aliphatic carbocycles. The minimum absolute atomic E-state index is 0.200. The molecule has 4 N–H and O–H groups in total. The van der Waals surface area contributed by atoms with Crippen LogP contribution in [-0.2, 0) is 16.4 Å². The van der Waals surface area contributed by atoms with Crippen molar-refractivity contribution < 1.29 is 13.5 Å². The fourth-order valence-electron chi connectivity index (χ4n) is 7.80. The summed E-state index contributed by atoms with van der Waals surface area (Å²) in [5, 5.41) is 30.3. The Balaban J connectivity index is 1.10. The molecule has 5 aliphatic rings. The average Bonchev–Trinajstić information content (AvgIpc) is 2.90. The summed E-state index contributed by atoms with van der Waals surface area (Å²) in [6.07, 6.45) is 9.07. The number of phenolic OH excluding ortho intramolecular Hbond substituents is 1. The van der Waals surface area contributed by atoms with Gasteiger partial charge < -0.3 is 21.1 Å². The second-order valence-corrected chi connectivity index (χ2v) is 14.3. The van der Waals surface area contributed by atoms with E-state index >= 15 is 0 Å². The lowest BCUT2D eigenvalue weighted by Gasteiger charge is -2.61. The minimum Gasteiger partial charge on any atom is -0.508 e. The third-order valence-corrected chi connectivity index (χ3v) is 11.1. The normalized spacial score (nSPS) is 31.6. The molecule has 2 heterocycles. The Kier molecular flexibility index (Phi) is 6.68. The van der Waals surface area contributed by atoms with E-state index in [1.54, 1.807) is 18.3 Å². The maximum atomic E-state index is 11.9. The van der Waals surface area contributed by atoms with Crippen LogP contribution in [0.1, 0.15) is 56.1 Å². The Labute approximate surface area is 224 Å². The van der Waals surface area contributed by atoms with E-state index in [2.05, 4.69) is 32.0 Å². The first-order valence-electron chi connectivity index (χ1n) is 13.8. The molecule has 1 aromatic heterocycles. The van der Waals surface area contributed by atoms with Gasteiger partial charge in [-0.2, -0.15) is 10.2 Å². The molecule has 1 aromatic carbocycles. The van der Waals surface area contributed by atoms with E-state index in [0.717, 1.165) is 43.7 Å². The highest BCUT2D eigenvalue weighted by Crippen LogP contribution is 2.60. The van der Waals surface area contributed by atoms with Crippen LogP contribution in [0.15, 0.2) is 30.5 Å². The lowest BCUT2D eigenvalue weighted by atomic mass is 9.48. The maximum Gasteiger partial charge on any atom is 0.224 e. The molecule has 4 bridgehead atoms. The molecule has 0 amide bonds. The number of hydrogen-bond donors (Lipinski definition) is 4. The second kappa shape index (κ2) is 10.0. The summed E-state index contributed by atoms with van der Waals surface area (Å²) in [6, 6.07) is 10.2. The van der Waals surface area contributed by atoms with Crippen LogP contribution in [0.5, 0.6) is 5.75 Å². The third-order valence-electron chi connectivity index (χ3n) is 9.35. The number of aromatic hydroxyl groups is 1. The number of hydrogen-bond acceptors (Lipinski definition) is 9. The Morgan fingerprint density at radius 1 is 1.08 bits per heavy atom. The highest BCUT2D eigenvalue weighted by molar-refractivity contribution is 7.91. The van der Waals surface area contributed by atoms with Crippen molar-refractivity contribution >= 4 is 21.6 Å². The first-order valence-corrected chi connectivity index (χ1v) is 15.6. The van der Waals surface area contributed by atoms with E-state index in [1.165, 1.54) is 19.3 Å². The molecule has 7 rings (SSSR count). The third kappa shape index (κ3) is 5.19. The van der Waals surface area contributed by atoms with Gasteiger partial charge in [-0.3, -0.25) is 0 Å². The fraction of sp³-hybridized carbons (Fsp3) is 0.607. The van der Waals surface area contributed by atoms with Crippen molar-refractivity contribution in [2.24, 2.45) is 23.2 Å². The van der Waals surface area contributed by atoms with Crippen molar-refractivity contribution in [3.8, 4) is 11.8 Å². The Morgan fingerprint density at radius 3 is 2.53 bits per heavy atom. The summed E-state index contributed by atoms with van der Waals surface area (Å²) in [7, 11) is -2.85. The molecule has 4 saturated carbocycles. The van der Waals surface area contributed by atoms with Gasteiger partial charge in [0.1, 0.15) is 33.0 Å². The molecule has 5 atom stereocenters. The Morgan fingerprint density at radius 2 is 1.82 bits per heavy atom. The zero-order chi connectivity index (χ0) is 26.3. The van der Waals surface area contributed by atoms with Crippen LogP contribution in [0.2, 0.25) is 0 Å². The number of nitriles is 1. The molecule has 0 radical (unpaired) electrons. The number of anilines is 2. The van der Waals surface area contributed by atoms with Gasteiger partial charge in [-0.1, -0.05) is 18.2 Å². The predicted molar refractivity (Wildman–Crippen MR) is 145 cm³/mol. The number of sulfone groups is 1. The summed E-state index contributed by atoms with van der Waals surface area (Å²) in [5.41, 5.74) is 1.38. The first kappa shape index (κ1) is 25.4. The number of benzene rings is 1. The number of nitrogens with one attached hydrogen (secondary N) is 3. The van der Waals surface area contributed by atoms with Gasteiger partial charge in [0.2, 0.25) is 5.95 Å². The van der Waals surface area contributed by atoms with Gasteiger partial charge in [0.15, 0.2) is 0 Å². The summed E-state index contributed by atoms with van der Waals surface area (Å²) in [6.45, 7) is 1.17. The highest BCUT2D eigenvalue weighted by Gasteiger charge is 2.55. The quantitative estimate of drug-likeness (QED) is 0.399. The summed E-state index contributed by atoms with van der Waals surface area (Å²) >= 11 is 0. The second-order valence-electron chi connectivity index (χ2n) is 12.0. The van der Waals surface area contributed by atoms with Crippen molar-refractivity contribution in [2.75, 3.05) is 28.7 Å². The molecule has 38 heavy (non-hydrogen) atoms. The topological polar surface area (TPSA) is 140 Å². The summed E-state index contributed by atoms with van der Waals surface area (Å²) < 4.78 is 23.7. The van der Waals surface area contributed by atoms with Crippen LogP contribution < -0.4 is 16.0 Å². The number of aromatic nitrogens is 2. The van der Waals surface area contributed by atoms with E-state index in [9.17, 15) is 18.8 Å². The lowest BCUT2D eigenvalue weighted by Crippen LogP contribution is -2.61. The molecule has 0 spiro atoms. The molecular weight excluding hydrogens is 500 g/mol. The Bertz CT molecular complexity index is 1310. The molecule has 5 fully saturated rings. The monoisotopic (exact) mass is 536 g/mol. The number of nitrogens with zero attached hydrogens (tertiary/aromatic N) is 3. The first-order chi connectivity index (χ1) is 18.3. The van der Waals surface area contributed by atoms with E-state index < -0.39 is 9.84 Å². The number of rotatable bonds is 8. The van der Waals surface area contributed by atoms with Gasteiger partial charge >= 0.3 is 0 Å². The molecule has 1 aliphatic heterocycles. The molecule has 1 saturated heterocycles. The van der Waals surface area contributed by atoms with Gasteiger partial charge in [-0.05, 0) is 74.2 Å². The SMILES string of the molecule is N#Cc1cnc(NCc2ccccc2O)nc1NC[C@@]12CC3C[C@H](C1)[C@@H](NC1CCS(=O)(=O)CC1)[C@@H](C3)C2. The van der Waals surface area contributed by atoms with Crippen molar-refractivity contribution in [2.45, 2.75) is 63.6 Å². The maximum absolute atomic E-state index is 11.9. The van der Waals surface area contributed by atoms with E-state index in [1.807, 2.05) is 12.1 Å². The molecule has 9 nitrogen and oxygen atoms in total. The smallest absolute Gasteiger partial charge is 0.224 e. The van der Waals surface area contributed by atoms with Crippen molar-refractivity contribution in [1.29, 1.82) is 5.26 Å². The van der Waals surface area contributed by atoms with E-state index in [0.29, 0.717) is 59.3 Å². The van der Waals surface area contributed by atoms with E-state index in [-0.39, 0.29) is 11.2 Å². The standard InChI is InChI=1S/C28H36N6O3S/c29-14-22-16-31-27(30-15-19-3-1-2-4-24(19)35)34-26(22)32-17-28-11-18-9-20(12-28)25(21(10-18)13-28)33-23-5-7-38(36,37)8-6-23/h1-4,16,18,20-21,23,25,33,35H,5-13,15,17H2,(H2,30,31,32,34)/t18?,20-,21+,25-,28+. The molecule has 10 heteroatoms. The molecule has 1 unspecified atom stereocenters. The van der Waals surface area contributed by atoms with Gasteiger partial charge in [0.05, 0.1) is 17.7 Å². The summed E-state index contributed by atoms with van der Waals surface area (Å²) in [4.78, 5) is 8.90. The van der Waals surface area contributed by atoms with Crippen LogP contribution in [-0.4, -0.2) is 53.6 Å². The van der Waals surface area contributed by atoms with Crippen LogP contribution in [0.25, 0.3) is 0 Å². The minimum atomic E-state index is -2.85.